The van der Waals surface area contributed by atoms with Gasteiger partial charge < -0.3 is 10.6 Å². The number of piperidine rings is 1. The standard InChI is InChI=1S/C29H34F5N7O2/c1-4-40-23(7-10-36-40)27(43)38-25(17-5-8-28(30,31)9-6-17)22-15-41-24(37-22)13-20(16(2)3)21(39-41)12-18-11-19(29(32,33)34)14-35-26(18)42/h7,10,13,15,17-19,25H,2,4-6,8-9,11-12,14H2,1,3H3,(H,35,42)(H,38,43)/t18?,19-,25?/m1/s1. The van der Waals surface area contributed by atoms with E-state index in [9.17, 15) is 31.5 Å². The number of allylic oxidation sites excluding steroid dienone is 1. The summed E-state index contributed by atoms with van der Waals surface area (Å²) in [5.74, 6) is -6.57. The van der Waals surface area contributed by atoms with Crippen molar-refractivity contribution in [3.63, 3.8) is 0 Å². The number of nitrogens with zero attached hydrogens (tertiary/aromatic N) is 5. The van der Waals surface area contributed by atoms with Crippen LogP contribution in [-0.2, 0) is 17.8 Å². The number of hydrogen-bond donors (Lipinski definition) is 2. The van der Waals surface area contributed by atoms with Gasteiger partial charge in [-0.25, -0.2) is 18.3 Å². The zero-order valence-electron chi connectivity index (χ0n) is 23.9. The summed E-state index contributed by atoms with van der Waals surface area (Å²) in [6.45, 7) is 7.55. The molecule has 0 bridgehead atoms. The normalized spacial score (nSPS) is 21.9. The Kier molecular flexibility index (Phi) is 8.32. The molecule has 3 atom stereocenters. The summed E-state index contributed by atoms with van der Waals surface area (Å²) in [4.78, 5) is 30.5. The molecule has 0 spiro atoms. The molecule has 43 heavy (non-hydrogen) atoms. The van der Waals surface area contributed by atoms with E-state index in [2.05, 4.69) is 27.4 Å². The fraction of sp³-hybridized carbons (Fsp3) is 0.552. The number of carbonyl (C=O) groups is 2. The predicted molar refractivity (Wildman–Crippen MR) is 147 cm³/mol. The highest BCUT2D eigenvalue weighted by molar-refractivity contribution is 5.92. The number of alkyl halides is 5. The van der Waals surface area contributed by atoms with Crippen LogP contribution in [0.5, 0.6) is 0 Å². The zero-order chi connectivity index (χ0) is 31.1. The highest BCUT2D eigenvalue weighted by Crippen LogP contribution is 2.41. The minimum atomic E-state index is -4.43. The molecule has 0 radical (unpaired) electrons. The lowest BCUT2D eigenvalue weighted by molar-refractivity contribution is -0.183. The first-order chi connectivity index (χ1) is 20.3. The summed E-state index contributed by atoms with van der Waals surface area (Å²) in [5, 5.41) is 14.1. The first kappa shape index (κ1) is 30.6. The van der Waals surface area contributed by atoms with Gasteiger partial charge in [-0.2, -0.15) is 23.4 Å². The summed E-state index contributed by atoms with van der Waals surface area (Å²) in [7, 11) is 0. The molecule has 2 unspecified atom stereocenters. The molecule has 3 aromatic heterocycles. The molecule has 0 aromatic carbocycles. The van der Waals surface area contributed by atoms with Gasteiger partial charge in [-0.1, -0.05) is 6.58 Å². The highest BCUT2D eigenvalue weighted by Gasteiger charge is 2.45. The van der Waals surface area contributed by atoms with Gasteiger partial charge in [-0.15, -0.1) is 0 Å². The van der Waals surface area contributed by atoms with Crippen molar-refractivity contribution >= 4 is 23.0 Å². The van der Waals surface area contributed by atoms with Gasteiger partial charge in [0.1, 0.15) is 5.69 Å². The molecule has 1 aliphatic heterocycles. The van der Waals surface area contributed by atoms with E-state index in [0.717, 1.165) is 0 Å². The Balaban J connectivity index is 1.48. The van der Waals surface area contributed by atoms with Crippen LogP contribution < -0.4 is 10.6 Å². The smallest absolute Gasteiger partial charge is 0.355 e. The molecule has 9 nitrogen and oxygen atoms in total. The Morgan fingerprint density at radius 3 is 2.65 bits per heavy atom. The van der Waals surface area contributed by atoms with E-state index in [0.29, 0.717) is 40.4 Å². The third-order valence-electron chi connectivity index (χ3n) is 8.46. The molecule has 2 amide bonds. The van der Waals surface area contributed by atoms with E-state index < -0.39 is 48.3 Å². The van der Waals surface area contributed by atoms with Crippen molar-refractivity contribution in [2.75, 3.05) is 6.54 Å². The lowest BCUT2D eigenvalue weighted by Crippen LogP contribution is -2.47. The van der Waals surface area contributed by atoms with Gasteiger partial charge in [0.25, 0.3) is 5.91 Å². The van der Waals surface area contributed by atoms with Crippen LogP contribution in [-0.4, -0.2) is 54.8 Å². The molecule has 3 aromatic rings. The maximum Gasteiger partial charge on any atom is 0.393 e. The Bertz CT molecular complexity index is 1520. The quantitative estimate of drug-likeness (QED) is 0.346. The van der Waals surface area contributed by atoms with Crippen LogP contribution in [0.25, 0.3) is 11.2 Å². The molecular formula is C29H34F5N7O2. The van der Waals surface area contributed by atoms with Gasteiger partial charge in [0.2, 0.25) is 11.8 Å². The molecule has 14 heteroatoms. The fourth-order valence-electron chi connectivity index (χ4n) is 6.03. The largest absolute Gasteiger partial charge is 0.393 e. The third-order valence-corrected chi connectivity index (χ3v) is 8.46. The summed E-state index contributed by atoms with van der Waals surface area (Å²) < 4.78 is 71.3. The molecule has 1 aliphatic carbocycles. The van der Waals surface area contributed by atoms with Gasteiger partial charge in [-0.3, -0.25) is 14.3 Å². The maximum absolute atomic E-state index is 14.0. The molecule has 1 saturated carbocycles. The minimum absolute atomic E-state index is 0.0388. The number of amides is 2. The number of carbonyl (C=O) groups excluding carboxylic acids is 2. The number of nitrogens with one attached hydrogen (secondary N) is 2. The van der Waals surface area contributed by atoms with Crippen LogP contribution in [0.3, 0.4) is 0 Å². The van der Waals surface area contributed by atoms with Crippen LogP contribution in [0.1, 0.15) is 79.4 Å². The average Bonchev–Trinajstić information content (AvgIpc) is 3.58. The molecule has 2 N–H and O–H groups in total. The van der Waals surface area contributed by atoms with E-state index in [1.807, 2.05) is 6.92 Å². The Morgan fingerprint density at radius 1 is 1.28 bits per heavy atom. The topological polar surface area (TPSA) is 106 Å². The second-order valence-electron chi connectivity index (χ2n) is 11.6. The average molecular weight is 608 g/mol. The first-order valence-electron chi connectivity index (χ1n) is 14.4. The minimum Gasteiger partial charge on any atom is -0.355 e. The van der Waals surface area contributed by atoms with Gasteiger partial charge in [-0.05, 0) is 56.7 Å². The van der Waals surface area contributed by atoms with E-state index in [-0.39, 0.29) is 44.4 Å². The van der Waals surface area contributed by atoms with Crippen molar-refractivity contribution in [2.24, 2.45) is 17.8 Å². The number of aryl methyl sites for hydroxylation is 1. The van der Waals surface area contributed by atoms with Gasteiger partial charge in [0.15, 0.2) is 5.65 Å². The second kappa shape index (κ2) is 11.7. The predicted octanol–water partition coefficient (Wildman–Crippen LogP) is 5.13. The Hall–Kier alpha value is -3.84. The molecule has 2 fully saturated rings. The summed E-state index contributed by atoms with van der Waals surface area (Å²) >= 11 is 0. The Labute approximate surface area is 244 Å². The third kappa shape index (κ3) is 6.57. The van der Waals surface area contributed by atoms with Crippen LogP contribution >= 0.6 is 0 Å². The first-order valence-corrected chi connectivity index (χ1v) is 14.4. The highest BCUT2D eigenvalue weighted by atomic mass is 19.4. The second-order valence-corrected chi connectivity index (χ2v) is 11.6. The van der Waals surface area contributed by atoms with Crippen molar-refractivity contribution in [3.05, 3.63) is 53.8 Å². The number of hydrogen-bond acceptors (Lipinski definition) is 5. The van der Waals surface area contributed by atoms with Crippen molar-refractivity contribution < 1.29 is 31.5 Å². The van der Waals surface area contributed by atoms with Gasteiger partial charge in [0, 0.05) is 50.0 Å². The SMILES string of the molecule is C=C(C)c1cc2nc(C(NC(=O)c3ccnn3CC)C3CCC(F)(F)CC3)cn2nc1CC1C[C@@H](C(F)(F)F)CNC1=O. The van der Waals surface area contributed by atoms with Gasteiger partial charge >= 0.3 is 6.18 Å². The monoisotopic (exact) mass is 607 g/mol. The molecule has 5 rings (SSSR count). The summed E-state index contributed by atoms with van der Waals surface area (Å²) in [5.41, 5.74) is 2.65. The number of imidazole rings is 1. The van der Waals surface area contributed by atoms with Crippen molar-refractivity contribution in [1.82, 2.24) is 35.0 Å². The van der Waals surface area contributed by atoms with Crippen LogP contribution in [0, 0.1) is 17.8 Å². The van der Waals surface area contributed by atoms with E-state index in [4.69, 9.17) is 4.98 Å². The molecular weight excluding hydrogens is 573 g/mol. The van der Waals surface area contributed by atoms with Crippen LogP contribution in [0.15, 0.2) is 31.1 Å². The molecule has 232 valence electrons. The number of fused-ring (bicyclic) bond motifs is 1. The van der Waals surface area contributed by atoms with Crippen LogP contribution in [0.4, 0.5) is 22.0 Å². The number of rotatable bonds is 8. The molecule has 4 heterocycles. The van der Waals surface area contributed by atoms with E-state index in [1.165, 1.54) is 15.4 Å². The molecule has 1 saturated heterocycles. The van der Waals surface area contributed by atoms with E-state index >= 15 is 0 Å². The fourth-order valence-corrected chi connectivity index (χ4v) is 6.03. The number of halogens is 5. The lowest BCUT2D eigenvalue weighted by atomic mass is 9.81. The summed E-state index contributed by atoms with van der Waals surface area (Å²) in [6, 6.07) is 2.56. The van der Waals surface area contributed by atoms with Crippen molar-refractivity contribution in [2.45, 2.75) is 77.1 Å². The van der Waals surface area contributed by atoms with Crippen LogP contribution in [0.2, 0.25) is 0 Å². The summed E-state index contributed by atoms with van der Waals surface area (Å²) in [6.07, 6.45) is -2.00. The lowest BCUT2D eigenvalue weighted by Gasteiger charge is -2.33. The van der Waals surface area contributed by atoms with Gasteiger partial charge in [0.05, 0.1) is 29.5 Å². The number of aromatic nitrogens is 5. The van der Waals surface area contributed by atoms with E-state index in [1.54, 1.807) is 25.3 Å². The van der Waals surface area contributed by atoms with Crippen molar-refractivity contribution in [3.8, 4) is 0 Å². The Morgan fingerprint density at radius 2 is 2.00 bits per heavy atom. The maximum atomic E-state index is 14.0. The zero-order valence-corrected chi connectivity index (χ0v) is 23.9. The van der Waals surface area contributed by atoms with Crippen molar-refractivity contribution in [1.29, 1.82) is 0 Å². The molecule has 2 aliphatic rings.